The quantitative estimate of drug-likeness (QED) is 0.790. The van der Waals surface area contributed by atoms with Gasteiger partial charge in [-0.05, 0) is 28.1 Å². The molecule has 0 N–H and O–H groups in total. The number of halogens is 4. The molecule has 2 nitrogen and oxygen atoms in total. The molecular formula is C9H5BrF3NO. The topological polar surface area (TPSA) is 33.0 Å². The van der Waals surface area contributed by atoms with E-state index in [9.17, 15) is 13.2 Å². The highest BCUT2D eigenvalue weighted by atomic mass is 79.9. The molecule has 0 amide bonds. The molecule has 0 unspecified atom stereocenters. The smallest absolute Gasteiger partial charge is 0.416 e. The second-order valence-corrected chi connectivity index (χ2v) is 3.50. The molecule has 0 aliphatic rings. The average molecular weight is 280 g/mol. The fraction of sp³-hybridized carbons (Fsp3) is 0.222. The Hall–Kier alpha value is -1.22. The molecule has 0 aromatic heterocycles. The van der Waals surface area contributed by atoms with Crippen molar-refractivity contribution >= 4 is 15.9 Å². The normalized spacial score (nSPS) is 10.9. The summed E-state index contributed by atoms with van der Waals surface area (Å²) in [6.07, 6.45) is -4.47. The van der Waals surface area contributed by atoms with Crippen molar-refractivity contribution in [1.82, 2.24) is 0 Å². The fourth-order valence-electron chi connectivity index (χ4n) is 1.05. The van der Waals surface area contributed by atoms with Gasteiger partial charge >= 0.3 is 6.18 Å². The Bertz CT molecular complexity index is 423. The Morgan fingerprint density at radius 3 is 2.40 bits per heavy atom. The van der Waals surface area contributed by atoms with Crippen LogP contribution in [0, 0.1) is 11.3 Å². The molecule has 0 spiro atoms. The van der Waals surface area contributed by atoms with E-state index in [1.165, 1.54) is 7.11 Å². The van der Waals surface area contributed by atoms with Crippen molar-refractivity contribution in [3.63, 3.8) is 0 Å². The first kappa shape index (κ1) is 11.9. The number of rotatable bonds is 1. The van der Waals surface area contributed by atoms with Gasteiger partial charge in [-0.3, -0.25) is 0 Å². The minimum Gasteiger partial charge on any atom is -0.494 e. The third kappa shape index (κ3) is 2.42. The van der Waals surface area contributed by atoms with E-state index in [4.69, 9.17) is 10.00 Å². The Kier molecular flexibility index (Phi) is 3.25. The van der Waals surface area contributed by atoms with E-state index in [2.05, 4.69) is 15.9 Å². The first-order valence-corrected chi connectivity index (χ1v) is 4.54. The van der Waals surface area contributed by atoms with Gasteiger partial charge in [0.2, 0.25) is 0 Å². The molecule has 0 atom stereocenters. The lowest BCUT2D eigenvalue weighted by atomic mass is 10.1. The number of nitrogens with zero attached hydrogens (tertiary/aromatic N) is 1. The van der Waals surface area contributed by atoms with Crippen molar-refractivity contribution in [3.05, 3.63) is 27.7 Å². The standard InChI is InChI=1S/C9H5BrF3NO/c1-15-8-5(4-14)2-6(3-7(8)10)9(11,12)13/h2-3H,1H3. The van der Waals surface area contributed by atoms with Crippen LogP contribution >= 0.6 is 15.9 Å². The lowest BCUT2D eigenvalue weighted by Crippen LogP contribution is -2.06. The molecule has 80 valence electrons. The summed E-state index contributed by atoms with van der Waals surface area (Å²) < 4.78 is 42.0. The van der Waals surface area contributed by atoms with Gasteiger partial charge in [-0.2, -0.15) is 18.4 Å². The van der Waals surface area contributed by atoms with Gasteiger partial charge in [0.15, 0.2) is 5.75 Å². The maximum absolute atomic E-state index is 12.3. The largest absolute Gasteiger partial charge is 0.494 e. The van der Waals surface area contributed by atoms with Gasteiger partial charge in [0, 0.05) is 0 Å². The van der Waals surface area contributed by atoms with Crippen LogP contribution in [-0.2, 0) is 6.18 Å². The SMILES string of the molecule is COc1c(Br)cc(C(F)(F)F)cc1C#N. The lowest BCUT2D eigenvalue weighted by Gasteiger charge is -2.10. The maximum atomic E-state index is 12.3. The fourth-order valence-corrected chi connectivity index (χ4v) is 1.67. The van der Waals surface area contributed by atoms with Crippen LogP contribution in [0.25, 0.3) is 0 Å². The van der Waals surface area contributed by atoms with Crippen molar-refractivity contribution < 1.29 is 17.9 Å². The van der Waals surface area contributed by atoms with Crippen LogP contribution in [0.3, 0.4) is 0 Å². The molecule has 0 aliphatic heterocycles. The predicted molar refractivity (Wildman–Crippen MR) is 50.4 cm³/mol. The van der Waals surface area contributed by atoms with E-state index in [1.807, 2.05) is 0 Å². The van der Waals surface area contributed by atoms with E-state index in [0.717, 1.165) is 12.1 Å². The highest BCUT2D eigenvalue weighted by molar-refractivity contribution is 9.10. The lowest BCUT2D eigenvalue weighted by molar-refractivity contribution is -0.137. The van der Waals surface area contributed by atoms with Gasteiger partial charge in [-0.1, -0.05) is 0 Å². The molecule has 0 saturated carbocycles. The van der Waals surface area contributed by atoms with Crippen molar-refractivity contribution in [2.75, 3.05) is 7.11 Å². The zero-order valence-corrected chi connectivity index (χ0v) is 9.11. The van der Waals surface area contributed by atoms with Crippen molar-refractivity contribution in [3.8, 4) is 11.8 Å². The van der Waals surface area contributed by atoms with Crippen molar-refractivity contribution in [2.45, 2.75) is 6.18 Å². The van der Waals surface area contributed by atoms with E-state index in [1.54, 1.807) is 6.07 Å². The summed E-state index contributed by atoms with van der Waals surface area (Å²) in [5, 5.41) is 8.65. The third-order valence-corrected chi connectivity index (χ3v) is 2.28. The highest BCUT2D eigenvalue weighted by Crippen LogP contribution is 2.37. The molecule has 0 radical (unpaired) electrons. The van der Waals surface area contributed by atoms with Gasteiger partial charge in [0.1, 0.15) is 6.07 Å². The molecule has 0 heterocycles. The first-order valence-electron chi connectivity index (χ1n) is 3.75. The molecule has 0 fully saturated rings. The minimum absolute atomic E-state index is 0.102. The predicted octanol–water partition coefficient (Wildman–Crippen LogP) is 3.35. The zero-order chi connectivity index (χ0) is 11.6. The molecule has 0 bridgehead atoms. The van der Waals surface area contributed by atoms with E-state index < -0.39 is 11.7 Å². The van der Waals surface area contributed by atoms with Gasteiger partial charge in [0.05, 0.1) is 22.7 Å². The number of ether oxygens (including phenoxy) is 1. The summed E-state index contributed by atoms with van der Waals surface area (Å²) in [7, 11) is 1.29. The molecule has 6 heteroatoms. The average Bonchev–Trinajstić information content (AvgIpc) is 2.15. The summed E-state index contributed by atoms with van der Waals surface area (Å²) in [4.78, 5) is 0. The zero-order valence-electron chi connectivity index (χ0n) is 7.52. The second-order valence-electron chi connectivity index (χ2n) is 2.65. The van der Waals surface area contributed by atoms with Gasteiger partial charge in [-0.25, -0.2) is 0 Å². The second kappa shape index (κ2) is 4.11. The molecule has 1 aromatic carbocycles. The summed E-state index contributed by atoms with van der Waals surface area (Å²) in [5.41, 5.74) is -1.04. The van der Waals surface area contributed by atoms with Crippen LogP contribution < -0.4 is 4.74 Å². The first-order chi connectivity index (χ1) is 6.90. The third-order valence-electron chi connectivity index (χ3n) is 1.70. The van der Waals surface area contributed by atoms with Crippen molar-refractivity contribution in [1.29, 1.82) is 5.26 Å². The molecule has 0 aliphatic carbocycles. The monoisotopic (exact) mass is 279 g/mol. The summed E-state index contributed by atoms with van der Waals surface area (Å²) in [6.45, 7) is 0. The Balaban J connectivity index is 3.41. The number of benzene rings is 1. The number of methoxy groups -OCH3 is 1. The van der Waals surface area contributed by atoms with Crippen LogP contribution in [0.4, 0.5) is 13.2 Å². The van der Waals surface area contributed by atoms with Gasteiger partial charge < -0.3 is 4.74 Å². The number of hydrogen-bond donors (Lipinski definition) is 0. The summed E-state index contributed by atoms with van der Waals surface area (Å²) >= 11 is 2.92. The maximum Gasteiger partial charge on any atom is 0.416 e. The van der Waals surface area contributed by atoms with E-state index in [0.29, 0.717) is 0 Å². The van der Waals surface area contributed by atoms with Crippen LogP contribution in [0.2, 0.25) is 0 Å². The molecule has 1 rings (SSSR count). The number of nitriles is 1. The molecule has 1 aromatic rings. The van der Waals surface area contributed by atoms with E-state index in [-0.39, 0.29) is 15.8 Å². The molecule has 15 heavy (non-hydrogen) atoms. The van der Waals surface area contributed by atoms with E-state index >= 15 is 0 Å². The number of alkyl halides is 3. The summed E-state index contributed by atoms with van der Waals surface area (Å²) in [6, 6.07) is 3.27. The Morgan fingerprint density at radius 2 is 2.00 bits per heavy atom. The summed E-state index contributed by atoms with van der Waals surface area (Å²) in [5.74, 6) is 0.102. The van der Waals surface area contributed by atoms with Crippen LogP contribution in [-0.4, -0.2) is 7.11 Å². The highest BCUT2D eigenvalue weighted by Gasteiger charge is 2.32. The Labute approximate surface area is 92.4 Å². The van der Waals surface area contributed by atoms with Crippen molar-refractivity contribution in [2.24, 2.45) is 0 Å². The molecular weight excluding hydrogens is 275 g/mol. The van der Waals surface area contributed by atoms with Gasteiger partial charge in [0.25, 0.3) is 0 Å². The van der Waals surface area contributed by atoms with Crippen LogP contribution in [0.1, 0.15) is 11.1 Å². The number of hydrogen-bond acceptors (Lipinski definition) is 2. The van der Waals surface area contributed by atoms with Crippen LogP contribution in [0.15, 0.2) is 16.6 Å². The van der Waals surface area contributed by atoms with Crippen LogP contribution in [0.5, 0.6) is 5.75 Å². The molecule has 0 saturated heterocycles. The minimum atomic E-state index is -4.47. The van der Waals surface area contributed by atoms with Gasteiger partial charge in [-0.15, -0.1) is 0 Å². The Morgan fingerprint density at radius 1 is 1.40 bits per heavy atom.